The zero-order valence-corrected chi connectivity index (χ0v) is 15.9. The highest BCUT2D eigenvalue weighted by Gasteiger charge is 2.20. The standard InChI is InChI=1S/C18H29N3O3S/c1-3-17-7-4-5-13-21(17)14-6-12-19-25(23,24)18-10-8-16(9-11-18)20-15(2)22/h8-11,17,19H,3-7,12-14H2,1-2H3,(H,20,22)/t17-/m1/s1. The first-order valence-corrected chi connectivity index (χ1v) is 10.5. The third-order valence-electron chi connectivity index (χ3n) is 4.62. The van der Waals surface area contributed by atoms with E-state index in [1.807, 2.05) is 0 Å². The molecular weight excluding hydrogens is 338 g/mol. The van der Waals surface area contributed by atoms with E-state index in [1.165, 1.54) is 38.3 Å². The summed E-state index contributed by atoms with van der Waals surface area (Å²) in [4.78, 5) is 13.7. The minimum Gasteiger partial charge on any atom is -0.326 e. The summed E-state index contributed by atoms with van der Waals surface area (Å²) in [6, 6.07) is 6.84. The van der Waals surface area contributed by atoms with Gasteiger partial charge in [-0.05, 0) is 63.0 Å². The molecule has 1 amide bonds. The molecule has 1 saturated heterocycles. The van der Waals surface area contributed by atoms with Crippen LogP contribution < -0.4 is 10.0 Å². The number of piperidine rings is 1. The van der Waals surface area contributed by atoms with Crippen molar-refractivity contribution in [3.05, 3.63) is 24.3 Å². The van der Waals surface area contributed by atoms with Gasteiger partial charge in [-0.15, -0.1) is 0 Å². The summed E-state index contributed by atoms with van der Waals surface area (Å²) in [6.45, 7) is 6.12. The first-order chi connectivity index (χ1) is 11.9. The van der Waals surface area contributed by atoms with Crippen molar-refractivity contribution in [2.24, 2.45) is 0 Å². The van der Waals surface area contributed by atoms with Crippen molar-refractivity contribution in [1.29, 1.82) is 0 Å². The van der Waals surface area contributed by atoms with Crippen LogP contribution in [0.5, 0.6) is 0 Å². The Hall–Kier alpha value is -1.44. The third-order valence-corrected chi connectivity index (χ3v) is 6.10. The molecule has 0 radical (unpaired) electrons. The molecule has 6 nitrogen and oxygen atoms in total. The maximum atomic E-state index is 12.3. The maximum absolute atomic E-state index is 12.3. The van der Waals surface area contributed by atoms with Crippen molar-refractivity contribution in [2.75, 3.05) is 25.0 Å². The van der Waals surface area contributed by atoms with Gasteiger partial charge < -0.3 is 10.2 Å². The molecule has 1 atom stereocenters. The van der Waals surface area contributed by atoms with E-state index in [1.54, 1.807) is 12.1 Å². The summed E-state index contributed by atoms with van der Waals surface area (Å²) in [5.74, 6) is -0.183. The molecule has 2 N–H and O–H groups in total. The highest BCUT2D eigenvalue weighted by atomic mass is 32.2. The van der Waals surface area contributed by atoms with Crippen LogP contribution in [-0.4, -0.2) is 44.9 Å². The van der Waals surface area contributed by atoms with E-state index >= 15 is 0 Å². The molecule has 0 unspecified atom stereocenters. The van der Waals surface area contributed by atoms with Gasteiger partial charge in [-0.25, -0.2) is 13.1 Å². The number of amides is 1. The number of hydrogen-bond donors (Lipinski definition) is 2. The average Bonchev–Trinajstić information content (AvgIpc) is 2.59. The van der Waals surface area contributed by atoms with Crippen molar-refractivity contribution >= 4 is 21.6 Å². The molecule has 140 valence electrons. The molecule has 0 bridgehead atoms. The average molecular weight is 368 g/mol. The van der Waals surface area contributed by atoms with Crippen molar-refractivity contribution in [1.82, 2.24) is 9.62 Å². The van der Waals surface area contributed by atoms with Crippen molar-refractivity contribution < 1.29 is 13.2 Å². The summed E-state index contributed by atoms with van der Waals surface area (Å²) in [6.07, 6.45) is 5.76. The predicted octanol–water partition coefficient (Wildman–Crippen LogP) is 2.58. The summed E-state index contributed by atoms with van der Waals surface area (Å²) < 4.78 is 27.3. The lowest BCUT2D eigenvalue weighted by molar-refractivity contribution is -0.114. The van der Waals surface area contributed by atoms with E-state index in [0.717, 1.165) is 25.9 Å². The fraction of sp³-hybridized carbons (Fsp3) is 0.611. The molecule has 0 saturated carbocycles. The summed E-state index contributed by atoms with van der Waals surface area (Å²) in [7, 11) is -3.51. The third kappa shape index (κ3) is 6.09. The van der Waals surface area contributed by atoms with Gasteiger partial charge in [0, 0.05) is 25.2 Å². The summed E-state index contributed by atoms with van der Waals surface area (Å²) in [5.41, 5.74) is 0.585. The number of carbonyl (C=O) groups is 1. The highest BCUT2D eigenvalue weighted by Crippen LogP contribution is 2.19. The molecule has 1 aromatic rings. The number of anilines is 1. The fourth-order valence-corrected chi connectivity index (χ4v) is 4.38. The van der Waals surface area contributed by atoms with Crippen molar-refractivity contribution in [3.63, 3.8) is 0 Å². The van der Waals surface area contributed by atoms with Crippen LogP contribution >= 0.6 is 0 Å². The molecule has 2 rings (SSSR count). The fourth-order valence-electron chi connectivity index (χ4n) is 3.31. The van der Waals surface area contributed by atoms with E-state index in [9.17, 15) is 13.2 Å². The van der Waals surface area contributed by atoms with Crippen LogP contribution in [0, 0.1) is 0 Å². The minimum absolute atomic E-state index is 0.183. The molecule has 7 heteroatoms. The quantitative estimate of drug-likeness (QED) is 0.692. The van der Waals surface area contributed by atoms with Crippen LogP contribution in [0.15, 0.2) is 29.2 Å². The predicted molar refractivity (Wildman–Crippen MR) is 100 cm³/mol. The number of nitrogens with one attached hydrogen (secondary N) is 2. The SMILES string of the molecule is CC[C@@H]1CCCCN1CCCNS(=O)(=O)c1ccc(NC(C)=O)cc1. The zero-order valence-electron chi connectivity index (χ0n) is 15.1. The summed E-state index contributed by atoms with van der Waals surface area (Å²) >= 11 is 0. The Bertz CT molecular complexity index is 659. The van der Waals surface area contributed by atoms with Gasteiger partial charge >= 0.3 is 0 Å². The molecule has 1 fully saturated rings. The van der Waals surface area contributed by atoms with Crippen LogP contribution in [0.4, 0.5) is 5.69 Å². The molecule has 0 aromatic heterocycles. The Morgan fingerprint density at radius 3 is 2.60 bits per heavy atom. The lowest BCUT2D eigenvalue weighted by Crippen LogP contribution is -2.40. The highest BCUT2D eigenvalue weighted by molar-refractivity contribution is 7.89. The maximum Gasteiger partial charge on any atom is 0.240 e. The zero-order chi connectivity index (χ0) is 18.3. The lowest BCUT2D eigenvalue weighted by Gasteiger charge is -2.35. The monoisotopic (exact) mass is 367 g/mol. The normalized spacial score (nSPS) is 18.9. The Balaban J connectivity index is 1.81. The Morgan fingerprint density at radius 2 is 1.96 bits per heavy atom. The largest absolute Gasteiger partial charge is 0.326 e. The van der Waals surface area contributed by atoms with Crippen molar-refractivity contribution in [3.8, 4) is 0 Å². The van der Waals surface area contributed by atoms with Gasteiger partial charge in [-0.1, -0.05) is 13.3 Å². The van der Waals surface area contributed by atoms with Gasteiger partial charge in [0.05, 0.1) is 4.90 Å². The van der Waals surface area contributed by atoms with Crippen LogP contribution in [0.1, 0.15) is 46.0 Å². The number of hydrogen-bond acceptors (Lipinski definition) is 4. The molecule has 0 spiro atoms. The Labute approximate surface area is 151 Å². The van der Waals surface area contributed by atoms with Gasteiger partial charge in [0.15, 0.2) is 0 Å². The molecular formula is C18H29N3O3S. The molecule has 0 aliphatic carbocycles. The number of sulfonamides is 1. The molecule has 1 aliphatic heterocycles. The van der Waals surface area contributed by atoms with Crippen molar-refractivity contribution in [2.45, 2.75) is 56.9 Å². The minimum atomic E-state index is -3.51. The van der Waals surface area contributed by atoms with Gasteiger partial charge in [0.2, 0.25) is 15.9 Å². The number of benzene rings is 1. The van der Waals surface area contributed by atoms with Crippen LogP contribution in [0.3, 0.4) is 0 Å². The van der Waals surface area contributed by atoms with Gasteiger partial charge in [-0.2, -0.15) is 0 Å². The van der Waals surface area contributed by atoms with E-state index in [2.05, 4.69) is 21.9 Å². The van der Waals surface area contributed by atoms with Crippen LogP contribution in [0.25, 0.3) is 0 Å². The Morgan fingerprint density at radius 1 is 1.24 bits per heavy atom. The molecule has 1 heterocycles. The van der Waals surface area contributed by atoms with Crippen LogP contribution in [0.2, 0.25) is 0 Å². The second-order valence-corrected chi connectivity index (χ2v) is 8.32. The topological polar surface area (TPSA) is 78.5 Å². The molecule has 25 heavy (non-hydrogen) atoms. The Kier molecular flexibility index (Phi) is 7.40. The smallest absolute Gasteiger partial charge is 0.240 e. The van der Waals surface area contributed by atoms with Gasteiger partial charge in [-0.3, -0.25) is 4.79 Å². The number of rotatable bonds is 8. The summed E-state index contributed by atoms with van der Waals surface area (Å²) in [5, 5.41) is 2.62. The lowest BCUT2D eigenvalue weighted by atomic mass is 10.00. The number of carbonyl (C=O) groups excluding carboxylic acids is 1. The first-order valence-electron chi connectivity index (χ1n) is 9.03. The van der Waals surface area contributed by atoms with E-state index in [-0.39, 0.29) is 10.8 Å². The van der Waals surface area contributed by atoms with Gasteiger partial charge in [0.25, 0.3) is 0 Å². The molecule has 1 aromatic carbocycles. The van der Waals surface area contributed by atoms with Gasteiger partial charge in [0.1, 0.15) is 0 Å². The first kappa shape index (κ1) is 19.9. The van der Waals surface area contributed by atoms with E-state index in [4.69, 9.17) is 0 Å². The number of likely N-dealkylation sites (tertiary alicyclic amines) is 1. The molecule has 1 aliphatic rings. The van der Waals surface area contributed by atoms with Crippen LogP contribution in [-0.2, 0) is 14.8 Å². The second kappa shape index (κ2) is 9.31. The second-order valence-electron chi connectivity index (χ2n) is 6.55. The van der Waals surface area contributed by atoms with E-state index in [0.29, 0.717) is 18.3 Å². The van der Waals surface area contributed by atoms with E-state index < -0.39 is 10.0 Å². The number of nitrogens with zero attached hydrogens (tertiary/aromatic N) is 1.